The van der Waals surface area contributed by atoms with Crippen LogP contribution in [0.5, 0.6) is 0 Å². The SMILES string of the molecule is CCn1nc(CSc2cc(N)ccc2C)c2ccccc21. The molecule has 0 bridgehead atoms. The van der Waals surface area contributed by atoms with E-state index in [1.165, 1.54) is 21.4 Å². The molecule has 0 fully saturated rings. The summed E-state index contributed by atoms with van der Waals surface area (Å²) in [6.07, 6.45) is 0. The van der Waals surface area contributed by atoms with Crippen LogP contribution in [-0.2, 0) is 12.3 Å². The number of hydrogen-bond donors (Lipinski definition) is 1. The fourth-order valence-corrected chi connectivity index (χ4v) is 3.48. The first kappa shape index (κ1) is 14.0. The predicted octanol–water partition coefficient (Wildman–Crippen LogP) is 4.24. The number of aryl methyl sites for hydroxylation is 2. The van der Waals surface area contributed by atoms with Crippen LogP contribution < -0.4 is 5.73 Å². The summed E-state index contributed by atoms with van der Waals surface area (Å²) >= 11 is 1.80. The number of nitrogen functional groups attached to an aromatic ring is 1. The minimum Gasteiger partial charge on any atom is -0.399 e. The van der Waals surface area contributed by atoms with Crippen LogP contribution in [0.15, 0.2) is 47.4 Å². The number of nitrogens with two attached hydrogens (primary N) is 1. The van der Waals surface area contributed by atoms with Crippen LogP contribution >= 0.6 is 11.8 Å². The van der Waals surface area contributed by atoms with Gasteiger partial charge in [0.15, 0.2) is 0 Å². The van der Waals surface area contributed by atoms with Crippen LogP contribution in [0.3, 0.4) is 0 Å². The highest BCUT2D eigenvalue weighted by Crippen LogP contribution is 2.30. The van der Waals surface area contributed by atoms with E-state index in [0.29, 0.717) is 0 Å². The lowest BCUT2D eigenvalue weighted by atomic mass is 10.2. The monoisotopic (exact) mass is 297 g/mol. The second-order valence-electron chi connectivity index (χ2n) is 5.09. The molecule has 2 N–H and O–H groups in total. The molecule has 2 aromatic carbocycles. The predicted molar refractivity (Wildman–Crippen MR) is 90.6 cm³/mol. The molecule has 21 heavy (non-hydrogen) atoms. The minimum absolute atomic E-state index is 0.812. The Labute approximate surface area is 129 Å². The lowest BCUT2D eigenvalue weighted by molar-refractivity contribution is 0.675. The zero-order chi connectivity index (χ0) is 14.8. The zero-order valence-electron chi connectivity index (χ0n) is 12.3. The molecule has 0 unspecified atom stereocenters. The number of aromatic nitrogens is 2. The molecule has 3 rings (SSSR count). The van der Waals surface area contributed by atoms with E-state index in [4.69, 9.17) is 10.8 Å². The van der Waals surface area contributed by atoms with Crippen molar-refractivity contribution in [2.24, 2.45) is 0 Å². The van der Waals surface area contributed by atoms with E-state index >= 15 is 0 Å². The lowest BCUT2D eigenvalue weighted by Gasteiger charge is -2.05. The van der Waals surface area contributed by atoms with Gasteiger partial charge in [0.05, 0.1) is 11.2 Å². The molecule has 108 valence electrons. The van der Waals surface area contributed by atoms with E-state index in [1.54, 1.807) is 11.8 Å². The van der Waals surface area contributed by atoms with Crippen LogP contribution in [-0.4, -0.2) is 9.78 Å². The van der Waals surface area contributed by atoms with Crippen LogP contribution in [0.4, 0.5) is 5.69 Å². The molecule has 3 nitrogen and oxygen atoms in total. The van der Waals surface area contributed by atoms with Gasteiger partial charge >= 0.3 is 0 Å². The van der Waals surface area contributed by atoms with Crippen LogP contribution in [0, 0.1) is 6.92 Å². The van der Waals surface area contributed by atoms with E-state index in [-0.39, 0.29) is 0 Å². The van der Waals surface area contributed by atoms with E-state index in [2.05, 4.69) is 48.9 Å². The number of fused-ring (bicyclic) bond motifs is 1. The molecule has 0 saturated carbocycles. The number of rotatable bonds is 4. The number of para-hydroxylation sites is 1. The highest BCUT2D eigenvalue weighted by Gasteiger charge is 2.10. The first-order chi connectivity index (χ1) is 10.2. The van der Waals surface area contributed by atoms with Gasteiger partial charge in [0.2, 0.25) is 0 Å². The van der Waals surface area contributed by atoms with Crippen LogP contribution in [0.25, 0.3) is 10.9 Å². The van der Waals surface area contributed by atoms with E-state index < -0.39 is 0 Å². The topological polar surface area (TPSA) is 43.8 Å². The summed E-state index contributed by atoms with van der Waals surface area (Å²) < 4.78 is 2.07. The van der Waals surface area contributed by atoms with Gasteiger partial charge in [0.25, 0.3) is 0 Å². The van der Waals surface area contributed by atoms with Gasteiger partial charge in [0.1, 0.15) is 0 Å². The normalized spacial score (nSPS) is 11.1. The summed E-state index contributed by atoms with van der Waals surface area (Å²) in [6.45, 7) is 5.13. The third-order valence-electron chi connectivity index (χ3n) is 3.61. The Morgan fingerprint density at radius 1 is 1.19 bits per heavy atom. The molecular formula is C17H19N3S. The van der Waals surface area contributed by atoms with Gasteiger partial charge in [-0.2, -0.15) is 5.10 Å². The molecule has 0 atom stereocenters. The largest absolute Gasteiger partial charge is 0.399 e. The molecule has 0 radical (unpaired) electrons. The zero-order valence-corrected chi connectivity index (χ0v) is 13.2. The Morgan fingerprint density at radius 3 is 2.81 bits per heavy atom. The summed E-state index contributed by atoms with van der Waals surface area (Å²) in [5.74, 6) is 0.859. The molecule has 0 aliphatic carbocycles. The Hall–Kier alpha value is -1.94. The average Bonchev–Trinajstić information content (AvgIpc) is 2.86. The van der Waals surface area contributed by atoms with Crippen molar-refractivity contribution in [1.82, 2.24) is 9.78 Å². The molecule has 0 aliphatic rings. The number of nitrogens with zero attached hydrogens (tertiary/aromatic N) is 2. The minimum atomic E-state index is 0.812. The molecule has 1 heterocycles. The average molecular weight is 297 g/mol. The number of benzene rings is 2. The van der Waals surface area contributed by atoms with Gasteiger partial charge in [-0.3, -0.25) is 4.68 Å². The van der Waals surface area contributed by atoms with E-state index in [1.807, 2.05) is 12.1 Å². The van der Waals surface area contributed by atoms with Crippen molar-refractivity contribution >= 4 is 28.4 Å². The van der Waals surface area contributed by atoms with E-state index in [0.717, 1.165) is 23.7 Å². The van der Waals surface area contributed by atoms with Gasteiger partial charge in [-0.1, -0.05) is 24.3 Å². The standard InChI is InChI=1S/C17H19N3S/c1-3-20-16-7-5-4-6-14(16)15(19-20)11-21-17-10-13(18)9-8-12(17)2/h4-10H,3,11,18H2,1-2H3. The summed E-state index contributed by atoms with van der Waals surface area (Å²) in [5, 5.41) is 5.98. The fraction of sp³-hybridized carbons (Fsp3) is 0.235. The van der Waals surface area contributed by atoms with E-state index in [9.17, 15) is 0 Å². The van der Waals surface area contributed by atoms with Crippen LogP contribution in [0.2, 0.25) is 0 Å². The number of anilines is 1. The molecule has 0 amide bonds. The van der Waals surface area contributed by atoms with Crippen molar-refractivity contribution in [3.05, 3.63) is 53.7 Å². The second kappa shape index (κ2) is 5.82. The number of hydrogen-bond acceptors (Lipinski definition) is 3. The fourth-order valence-electron chi connectivity index (χ4n) is 2.46. The summed E-state index contributed by atoms with van der Waals surface area (Å²) in [6, 6.07) is 14.5. The quantitative estimate of drug-likeness (QED) is 0.578. The first-order valence-electron chi connectivity index (χ1n) is 7.12. The molecule has 0 aliphatic heterocycles. The Balaban J connectivity index is 1.90. The Morgan fingerprint density at radius 2 is 2.00 bits per heavy atom. The Bertz CT molecular complexity index is 777. The van der Waals surface area contributed by atoms with Crippen molar-refractivity contribution < 1.29 is 0 Å². The summed E-state index contributed by atoms with van der Waals surface area (Å²) in [4.78, 5) is 1.23. The highest BCUT2D eigenvalue weighted by molar-refractivity contribution is 7.98. The van der Waals surface area contributed by atoms with Gasteiger partial charge in [-0.05, 0) is 37.6 Å². The maximum atomic E-state index is 5.88. The summed E-state index contributed by atoms with van der Waals surface area (Å²) in [7, 11) is 0. The van der Waals surface area contributed by atoms with Crippen molar-refractivity contribution in [2.75, 3.05) is 5.73 Å². The Kier molecular flexibility index (Phi) is 3.88. The van der Waals surface area contributed by atoms with Crippen LogP contribution in [0.1, 0.15) is 18.2 Å². The van der Waals surface area contributed by atoms with Gasteiger partial charge in [-0.25, -0.2) is 0 Å². The molecule has 3 aromatic rings. The number of thioether (sulfide) groups is 1. The third kappa shape index (κ3) is 2.76. The van der Waals surface area contributed by atoms with Gasteiger partial charge in [0, 0.05) is 28.3 Å². The van der Waals surface area contributed by atoms with Crippen molar-refractivity contribution in [3.63, 3.8) is 0 Å². The van der Waals surface area contributed by atoms with Crippen molar-refractivity contribution in [3.8, 4) is 0 Å². The first-order valence-corrected chi connectivity index (χ1v) is 8.11. The molecular weight excluding hydrogens is 278 g/mol. The summed E-state index contributed by atoms with van der Waals surface area (Å²) in [5.41, 5.74) is 10.3. The van der Waals surface area contributed by atoms with Gasteiger partial charge < -0.3 is 5.73 Å². The molecule has 4 heteroatoms. The molecule has 0 spiro atoms. The maximum absolute atomic E-state index is 5.88. The third-order valence-corrected chi connectivity index (χ3v) is 4.78. The lowest BCUT2D eigenvalue weighted by Crippen LogP contribution is -1.96. The van der Waals surface area contributed by atoms with Gasteiger partial charge in [-0.15, -0.1) is 11.8 Å². The van der Waals surface area contributed by atoms with Crippen molar-refractivity contribution in [1.29, 1.82) is 0 Å². The smallest absolute Gasteiger partial charge is 0.0805 e. The molecule has 1 aromatic heterocycles. The highest BCUT2D eigenvalue weighted by atomic mass is 32.2. The van der Waals surface area contributed by atoms with Crippen molar-refractivity contribution in [2.45, 2.75) is 31.0 Å². The maximum Gasteiger partial charge on any atom is 0.0805 e. The second-order valence-corrected chi connectivity index (χ2v) is 6.11. The molecule has 0 saturated heterocycles.